The summed E-state index contributed by atoms with van der Waals surface area (Å²) < 4.78 is 10.5. The minimum absolute atomic E-state index is 0.0243. The lowest BCUT2D eigenvalue weighted by Gasteiger charge is -2.18. The van der Waals surface area contributed by atoms with Crippen molar-refractivity contribution < 1.29 is 34.4 Å². The first-order valence-electron chi connectivity index (χ1n) is 8.58. The van der Waals surface area contributed by atoms with Crippen LogP contribution in [-0.2, 0) is 9.53 Å². The number of ketones is 1. The first-order chi connectivity index (χ1) is 12.7. The van der Waals surface area contributed by atoms with Gasteiger partial charge in [0.1, 0.15) is 29.3 Å². The lowest BCUT2D eigenvalue weighted by Crippen LogP contribution is -2.32. The summed E-state index contributed by atoms with van der Waals surface area (Å²) in [5, 5.41) is 30.3. The van der Waals surface area contributed by atoms with Crippen LogP contribution < -0.4 is 4.74 Å². The smallest absolute Gasteiger partial charge is 0.342 e. The molecule has 27 heavy (non-hydrogen) atoms. The molecule has 1 aromatic carbocycles. The molecule has 0 spiro atoms. The summed E-state index contributed by atoms with van der Waals surface area (Å²) in [6.07, 6.45) is 1.06. The largest absolute Gasteiger partial charge is 0.507 e. The number of methoxy groups -OCH3 is 1. The van der Waals surface area contributed by atoms with Crippen molar-refractivity contribution in [1.82, 2.24) is 0 Å². The first-order valence-corrected chi connectivity index (χ1v) is 8.58. The van der Waals surface area contributed by atoms with Crippen LogP contribution in [0.1, 0.15) is 42.6 Å². The average molecular weight is 376 g/mol. The number of carbonyl (C=O) groups is 2. The normalized spacial score (nSPS) is 24.5. The van der Waals surface area contributed by atoms with Gasteiger partial charge in [-0.05, 0) is 38.0 Å². The van der Waals surface area contributed by atoms with E-state index in [-0.39, 0.29) is 24.2 Å². The topological polar surface area (TPSA) is 113 Å². The van der Waals surface area contributed by atoms with Crippen LogP contribution in [0.15, 0.2) is 29.9 Å². The second-order valence-corrected chi connectivity index (χ2v) is 6.57. The first kappa shape index (κ1) is 20.7. The van der Waals surface area contributed by atoms with E-state index >= 15 is 0 Å². The van der Waals surface area contributed by atoms with E-state index in [0.717, 1.165) is 0 Å². The summed E-state index contributed by atoms with van der Waals surface area (Å²) in [5.74, 6) is -1.27. The van der Waals surface area contributed by atoms with E-state index in [1.165, 1.54) is 31.4 Å². The van der Waals surface area contributed by atoms with Crippen molar-refractivity contribution in [1.29, 1.82) is 0 Å². The van der Waals surface area contributed by atoms with Crippen molar-refractivity contribution in [3.63, 3.8) is 0 Å². The Balaban J connectivity index is 2.49. The van der Waals surface area contributed by atoms with Crippen LogP contribution in [0, 0.1) is 0 Å². The fourth-order valence-corrected chi connectivity index (χ4v) is 2.87. The van der Waals surface area contributed by atoms with Crippen molar-refractivity contribution >= 4 is 17.8 Å². The van der Waals surface area contributed by atoms with Crippen molar-refractivity contribution in [3.05, 3.63) is 41.0 Å². The molecule has 3 atom stereocenters. The molecule has 2 rings (SSSR count). The Morgan fingerprint density at radius 1 is 1.22 bits per heavy atom. The van der Waals surface area contributed by atoms with E-state index in [0.29, 0.717) is 16.9 Å². The highest BCUT2D eigenvalue weighted by molar-refractivity contribution is 5.97. The van der Waals surface area contributed by atoms with Crippen molar-refractivity contribution in [2.75, 3.05) is 7.11 Å². The minimum Gasteiger partial charge on any atom is -0.507 e. The number of esters is 1. The molecule has 0 aromatic heterocycles. The number of rotatable bonds is 1. The molecule has 3 N–H and O–H groups in total. The third-order valence-electron chi connectivity index (χ3n) is 4.20. The summed E-state index contributed by atoms with van der Waals surface area (Å²) in [4.78, 5) is 24.6. The van der Waals surface area contributed by atoms with Gasteiger partial charge in [0.05, 0.1) is 13.2 Å². The number of benzene rings is 1. The van der Waals surface area contributed by atoms with Crippen LogP contribution in [-0.4, -0.2) is 52.5 Å². The fraction of sp³-hybridized carbons (Fsp3) is 0.400. The molecule has 0 fully saturated rings. The van der Waals surface area contributed by atoms with E-state index in [2.05, 4.69) is 0 Å². The molecule has 1 heterocycles. The van der Waals surface area contributed by atoms with E-state index in [9.17, 15) is 24.9 Å². The molecule has 0 saturated heterocycles. The molecular weight excluding hydrogens is 352 g/mol. The van der Waals surface area contributed by atoms with Gasteiger partial charge in [0.25, 0.3) is 0 Å². The number of aliphatic hydroxyl groups excluding tert-OH is 2. The van der Waals surface area contributed by atoms with Crippen molar-refractivity contribution in [2.45, 2.75) is 45.0 Å². The fourth-order valence-electron chi connectivity index (χ4n) is 2.87. The molecule has 0 aliphatic carbocycles. The Morgan fingerprint density at radius 2 is 1.93 bits per heavy atom. The molecule has 0 saturated carbocycles. The summed E-state index contributed by atoms with van der Waals surface area (Å²) in [7, 11) is 1.43. The van der Waals surface area contributed by atoms with Gasteiger partial charge in [0, 0.05) is 12.5 Å². The highest BCUT2D eigenvalue weighted by Gasteiger charge is 2.24. The van der Waals surface area contributed by atoms with Crippen LogP contribution in [0.3, 0.4) is 0 Å². The van der Waals surface area contributed by atoms with Crippen LogP contribution in [0.5, 0.6) is 11.5 Å². The number of cyclic esters (lactones) is 1. The number of hydrogen-bond donors (Lipinski definition) is 3. The minimum atomic E-state index is -1.55. The van der Waals surface area contributed by atoms with Gasteiger partial charge in [0.2, 0.25) is 0 Å². The molecular formula is C20H24O7. The second-order valence-electron chi connectivity index (χ2n) is 6.57. The zero-order chi connectivity index (χ0) is 20.1. The van der Waals surface area contributed by atoms with E-state index in [1.54, 1.807) is 19.9 Å². The number of phenols is 1. The number of ether oxygens (including phenoxy) is 2. The third-order valence-corrected chi connectivity index (χ3v) is 4.20. The van der Waals surface area contributed by atoms with Gasteiger partial charge in [-0.3, -0.25) is 4.79 Å². The van der Waals surface area contributed by atoms with Crippen LogP contribution >= 0.6 is 0 Å². The molecule has 1 aliphatic rings. The van der Waals surface area contributed by atoms with Gasteiger partial charge in [-0.25, -0.2) is 4.79 Å². The van der Waals surface area contributed by atoms with Crippen LogP contribution in [0.25, 0.3) is 6.08 Å². The average Bonchev–Trinajstić information content (AvgIpc) is 2.58. The molecule has 3 unspecified atom stereocenters. The SMILES string of the molecule is COc1cc(O)c2c(c1)C=CCC(O)C(O)C(=O)C=C(C)CC(C)OC2=O. The third kappa shape index (κ3) is 5.18. The lowest BCUT2D eigenvalue weighted by molar-refractivity contribution is -0.127. The molecule has 1 aliphatic heterocycles. The number of fused-ring (bicyclic) bond motifs is 1. The zero-order valence-corrected chi connectivity index (χ0v) is 15.5. The Bertz CT molecular complexity index is 779. The van der Waals surface area contributed by atoms with Crippen LogP contribution in [0.4, 0.5) is 0 Å². The summed E-state index contributed by atoms with van der Waals surface area (Å²) in [6.45, 7) is 3.33. The summed E-state index contributed by atoms with van der Waals surface area (Å²) in [6, 6.07) is 2.85. The standard InChI is InChI=1S/C20H24O7/c1-11-7-12(2)27-20(25)18-13(9-14(26-3)10-16(18)22)5-4-6-15(21)19(24)17(23)8-11/h4-5,8-10,12,15,19,21-22,24H,6-7H2,1-3H3. The van der Waals surface area contributed by atoms with Crippen LogP contribution in [0.2, 0.25) is 0 Å². The highest BCUT2D eigenvalue weighted by Crippen LogP contribution is 2.30. The van der Waals surface area contributed by atoms with Gasteiger partial charge < -0.3 is 24.8 Å². The zero-order valence-electron chi connectivity index (χ0n) is 15.5. The monoisotopic (exact) mass is 376 g/mol. The maximum absolute atomic E-state index is 12.6. The summed E-state index contributed by atoms with van der Waals surface area (Å²) in [5.41, 5.74) is 0.906. The van der Waals surface area contributed by atoms with Gasteiger partial charge in [-0.1, -0.05) is 17.7 Å². The molecule has 0 amide bonds. The Morgan fingerprint density at radius 3 is 2.59 bits per heavy atom. The number of carbonyl (C=O) groups excluding carboxylic acids is 2. The van der Waals surface area contributed by atoms with Gasteiger partial charge in [-0.15, -0.1) is 0 Å². The maximum Gasteiger partial charge on any atom is 0.342 e. The Labute approximate surface area is 157 Å². The quantitative estimate of drug-likeness (QED) is 0.642. The predicted molar refractivity (Wildman–Crippen MR) is 98.6 cm³/mol. The number of aromatic hydroxyl groups is 1. The molecule has 1 aromatic rings. The molecule has 146 valence electrons. The second kappa shape index (κ2) is 8.83. The molecule has 7 nitrogen and oxygen atoms in total. The Hall–Kier alpha value is -2.64. The predicted octanol–water partition coefficient (Wildman–Crippen LogP) is 1.99. The van der Waals surface area contributed by atoms with E-state index in [1.807, 2.05) is 0 Å². The summed E-state index contributed by atoms with van der Waals surface area (Å²) >= 11 is 0. The van der Waals surface area contributed by atoms with Gasteiger partial charge in [-0.2, -0.15) is 0 Å². The van der Waals surface area contributed by atoms with Gasteiger partial charge >= 0.3 is 5.97 Å². The highest BCUT2D eigenvalue weighted by atomic mass is 16.5. The number of aliphatic hydroxyl groups is 2. The molecule has 0 bridgehead atoms. The maximum atomic E-state index is 12.6. The Kier molecular flexibility index (Phi) is 6.76. The molecule has 7 heteroatoms. The van der Waals surface area contributed by atoms with Gasteiger partial charge in [0.15, 0.2) is 5.78 Å². The molecule has 0 radical (unpaired) electrons. The van der Waals surface area contributed by atoms with E-state index in [4.69, 9.17) is 9.47 Å². The van der Waals surface area contributed by atoms with Crippen molar-refractivity contribution in [2.24, 2.45) is 0 Å². The van der Waals surface area contributed by atoms with E-state index < -0.39 is 30.1 Å². The lowest BCUT2D eigenvalue weighted by atomic mass is 10.00. The number of hydrogen-bond acceptors (Lipinski definition) is 7. The van der Waals surface area contributed by atoms with Crippen molar-refractivity contribution in [3.8, 4) is 11.5 Å². The number of phenolic OH excluding ortho intramolecular Hbond substituents is 1.